The van der Waals surface area contributed by atoms with Crippen LogP contribution in [0.5, 0.6) is 0 Å². The number of hydrogen-bond donors (Lipinski definition) is 2. The Bertz CT molecular complexity index is 958. The topological polar surface area (TPSA) is 92.3 Å². The number of anilines is 2. The van der Waals surface area contributed by atoms with Crippen LogP contribution in [0.3, 0.4) is 0 Å². The van der Waals surface area contributed by atoms with Crippen LogP contribution in [0.15, 0.2) is 60.7 Å². The number of carbonyl (C=O) groups excluding carboxylic acids is 2. The van der Waals surface area contributed by atoms with Crippen LogP contribution < -0.4 is 10.6 Å². The van der Waals surface area contributed by atoms with Crippen molar-refractivity contribution in [1.29, 1.82) is 0 Å². The molecule has 0 saturated heterocycles. The predicted molar refractivity (Wildman–Crippen MR) is 161 cm³/mol. The summed E-state index contributed by atoms with van der Waals surface area (Å²) in [6.45, 7) is 3.91. The Morgan fingerprint density at radius 2 is 1.06 bits per heavy atom. The van der Waals surface area contributed by atoms with Gasteiger partial charge in [0, 0.05) is 11.4 Å². The van der Waals surface area contributed by atoms with E-state index in [1.54, 1.807) is 24.3 Å². The highest BCUT2D eigenvalue weighted by atomic mass is 127. The van der Waals surface area contributed by atoms with Crippen molar-refractivity contribution in [3.8, 4) is 0 Å². The first kappa shape index (κ1) is 30.0. The molecule has 2 N–H and O–H groups in total. The molecule has 0 aliphatic heterocycles. The van der Waals surface area contributed by atoms with Crippen LogP contribution in [0.2, 0.25) is 0 Å². The van der Waals surface area contributed by atoms with E-state index in [1.165, 1.54) is 0 Å². The zero-order chi connectivity index (χ0) is 25.8. The molecule has 2 rings (SSSR count). The van der Waals surface area contributed by atoms with E-state index in [0.29, 0.717) is 37.1 Å². The second-order valence-corrected chi connectivity index (χ2v) is 14.0. The third kappa shape index (κ3) is 9.64. The van der Waals surface area contributed by atoms with Crippen molar-refractivity contribution in [3.05, 3.63) is 60.7 Å². The number of amides is 2. The van der Waals surface area contributed by atoms with Gasteiger partial charge in [0.15, 0.2) is 9.84 Å². The molecule has 4 unspecified atom stereocenters. The molecule has 2 amide bonds. The lowest BCUT2D eigenvalue weighted by atomic mass is 10.1. The summed E-state index contributed by atoms with van der Waals surface area (Å²) in [7, 11) is -3.56. The average molecular weight is 724 g/mol. The third-order valence-electron chi connectivity index (χ3n) is 5.74. The van der Waals surface area contributed by atoms with E-state index in [0.717, 1.165) is 0 Å². The minimum Gasteiger partial charge on any atom is -0.325 e. The van der Waals surface area contributed by atoms with Gasteiger partial charge in [0.25, 0.3) is 0 Å². The lowest BCUT2D eigenvalue weighted by molar-refractivity contribution is -0.116. The zero-order valence-electron chi connectivity index (χ0n) is 20.1. The lowest BCUT2D eigenvalue weighted by Crippen LogP contribution is -2.38. The molecule has 2 aromatic rings. The Labute approximate surface area is 236 Å². The quantitative estimate of drug-likeness (QED) is 0.174. The first-order valence-corrected chi connectivity index (χ1v) is 16.0. The monoisotopic (exact) mass is 724 g/mol. The number of para-hydroxylation sites is 2. The van der Waals surface area contributed by atoms with Crippen LogP contribution in [0, 0.1) is 0 Å². The average Bonchev–Trinajstić information content (AvgIpc) is 2.84. The van der Waals surface area contributed by atoms with E-state index < -0.39 is 28.2 Å². The highest BCUT2D eigenvalue weighted by Gasteiger charge is 2.37. The Morgan fingerprint density at radius 3 is 1.37 bits per heavy atom. The van der Waals surface area contributed by atoms with Crippen molar-refractivity contribution in [1.82, 2.24) is 0 Å². The molecule has 0 heterocycles. The van der Waals surface area contributed by atoms with Gasteiger partial charge in [0.2, 0.25) is 11.8 Å². The predicted octanol–water partition coefficient (Wildman–Crippen LogP) is 6.40. The van der Waals surface area contributed by atoms with Crippen LogP contribution in [0.1, 0.15) is 52.4 Å². The van der Waals surface area contributed by atoms with Crippen molar-refractivity contribution < 1.29 is 18.0 Å². The molecule has 0 aliphatic carbocycles. The van der Waals surface area contributed by atoms with Gasteiger partial charge in [0.1, 0.15) is 0 Å². The SMILES string of the molecule is CCCC(CC(I)C(=O)Nc1ccccc1)S(=O)(=O)C(CCC)CC(I)C(=O)Nc1ccccc1. The van der Waals surface area contributed by atoms with Gasteiger partial charge in [-0.2, -0.15) is 0 Å². The smallest absolute Gasteiger partial charge is 0.237 e. The number of hydrogen-bond acceptors (Lipinski definition) is 4. The first-order chi connectivity index (χ1) is 16.7. The third-order valence-corrected chi connectivity index (χ3v) is 10.6. The maximum Gasteiger partial charge on any atom is 0.237 e. The van der Waals surface area contributed by atoms with E-state index in [2.05, 4.69) is 10.6 Å². The van der Waals surface area contributed by atoms with Gasteiger partial charge in [-0.15, -0.1) is 0 Å². The van der Waals surface area contributed by atoms with Crippen LogP contribution in [0.4, 0.5) is 11.4 Å². The normalized spacial score (nSPS) is 15.0. The van der Waals surface area contributed by atoms with E-state index in [4.69, 9.17) is 0 Å². The number of halogens is 2. The Hall–Kier alpha value is -1.21. The molecule has 0 radical (unpaired) electrons. The molecule has 6 nitrogen and oxygen atoms in total. The summed E-state index contributed by atoms with van der Waals surface area (Å²) < 4.78 is 26.6. The van der Waals surface area contributed by atoms with Crippen molar-refractivity contribution >= 4 is 78.2 Å². The molecule has 0 spiro atoms. The minimum atomic E-state index is -3.56. The number of rotatable bonds is 14. The van der Waals surface area contributed by atoms with Crippen molar-refractivity contribution in [2.24, 2.45) is 0 Å². The Morgan fingerprint density at radius 1 is 0.714 bits per heavy atom. The van der Waals surface area contributed by atoms with Crippen LogP contribution in [-0.4, -0.2) is 38.6 Å². The van der Waals surface area contributed by atoms with E-state index in [9.17, 15) is 18.0 Å². The molecule has 0 saturated carbocycles. The zero-order valence-corrected chi connectivity index (χ0v) is 25.3. The van der Waals surface area contributed by atoms with Gasteiger partial charge < -0.3 is 10.6 Å². The van der Waals surface area contributed by atoms with Gasteiger partial charge in [-0.3, -0.25) is 9.59 Å². The maximum atomic E-state index is 13.8. The summed E-state index contributed by atoms with van der Waals surface area (Å²) in [6, 6.07) is 18.3. The Balaban J connectivity index is 2.11. The second-order valence-electron chi connectivity index (χ2n) is 8.53. The number of alkyl halides is 2. The summed E-state index contributed by atoms with van der Waals surface area (Å²) >= 11 is 4.08. The fraction of sp³-hybridized carbons (Fsp3) is 0.462. The summed E-state index contributed by atoms with van der Waals surface area (Å²) in [4.78, 5) is 25.5. The van der Waals surface area contributed by atoms with Gasteiger partial charge in [-0.25, -0.2) is 8.42 Å². The number of nitrogens with one attached hydrogen (secondary N) is 2. The summed E-state index contributed by atoms with van der Waals surface area (Å²) in [5, 5.41) is 4.48. The Kier molecular flexibility index (Phi) is 13.0. The molecule has 0 aromatic heterocycles. The molecule has 35 heavy (non-hydrogen) atoms. The van der Waals surface area contributed by atoms with Crippen LogP contribution in [0.25, 0.3) is 0 Å². The fourth-order valence-corrected chi connectivity index (χ4v) is 8.73. The van der Waals surface area contributed by atoms with Crippen LogP contribution >= 0.6 is 45.2 Å². The second kappa shape index (κ2) is 15.1. The van der Waals surface area contributed by atoms with E-state index in [-0.39, 0.29) is 24.7 Å². The summed E-state index contributed by atoms with van der Waals surface area (Å²) in [5.74, 6) is -0.400. The maximum absolute atomic E-state index is 13.8. The van der Waals surface area contributed by atoms with Gasteiger partial charge in [0.05, 0.1) is 18.3 Å². The molecule has 192 valence electrons. The van der Waals surface area contributed by atoms with Gasteiger partial charge in [-0.1, -0.05) is 108 Å². The molecule has 4 atom stereocenters. The van der Waals surface area contributed by atoms with E-state index in [1.807, 2.05) is 95.4 Å². The molecular weight excluding hydrogens is 690 g/mol. The largest absolute Gasteiger partial charge is 0.325 e. The molecule has 2 aromatic carbocycles. The standard InChI is InChI=1S/C26H34I2N2O4S/c1-3-11-21(17-23(27)25(31)29-19-13-7-5-8-14-19)35(33,34)22(12-4-2)18-24(28)26(32)30-20-15-9-6-10-16-20/h5-10,13-16,21-24H,3-4,11-12,17-18H2,1-2H3,(H,29,31)(H,30,32). The van der Waals surface area contributed by atoms with Crippen molar-refractivity contribution in [2.45, 2.75) is 70.7 Å². The molecular formula is C26H34I2N2O4S. The van der Waals surface area contributed by atoms with E-state index >= 15 is 0 Å². The molecule has 0 aliphatic rings. The molecule has 0 bridgehead atoms. The van der Waals surface area contributed by atoms with Crippen LogP contribution in [-0.2, 0) is 19.4 Å². The van der Waals surface area contributed by atoms with Gasteiger partial charge >= 0.3 is 0 Å². The lowest BCUT2D eigenvalue weighted by Gasteiger charge is -2.27. The number of carbonyl (C=O) groups is 2. The highest BCUT2D eigenvalue weighted by Crippen LogP contribution is 2.29. The van der Waals surface area contributed by atoms with Crippen molar-refractivity contribution in [3.63, 3.8) is 0 Å². The fourth-order valence-electron chi connectivity index (χ4n) is 3.91. The van der Waals surface area contributed by atoms with Crippen molar-refractivity contribution in [2.75, 3.05) is 10.6 Å². The molecule has 0 fully saturated rings. The minimum absolute atomic E-state index is 0.200. The van der Waals surface area contributed by atoms with Gasteiger partial charge in [-0.05, 0) is 49.9 Å². The summed E-state index contributed by atoms with van der Waals surface area (Å²) in [6.07, 6.45) is 2.88. The first-order valence-electron chi connectivity index (χ1n) is 11.9. The number of benzene rings is 2. The number of sulfone groups is 1. The summed E-state index contributed by atoms with van der Waals surface area (Å²) in [5.41, 5.74) is 1.38. The molecule has 9 heteroatoms. The highest BCUT2D eigenvalue weighted by molar-refractivity contribution is 14.1.